The van der Waals surface area contributed by atoms with E-state index < -0.39 is 0 Å². The van der Waals surface area contributed by atoms with Crippen molar-refractivity contribution in [2.45, 2.75) is 19.4 Å². The Morgan fingerprint density at radius 2 is 2.12 bits per heavy atom. The maximum atomic E-state index is 12.7. The number of nitrogens with zero attached hydrogens (tertiary/aromatic N) is 3. The van der Waals surface area contributed by atoms with Crippen molar-refractivity contribution in [2.75, 3.05) is 34.3 Å². The Labute approximate surface area is 143 Å². The normalized spacial score (nSPS) is 10.8. The van der Waals surface area contributed by atoms with E-state index in [0.717, 1.165) is 23.6 Å². The number of carbonyl (C=O) groups is 1. The number of carbonyl (C=O) groups excluding carboxylic acids is 1. The number of ether oxygens (including phenoxy) is 1. The fourth-order valence-corrected chi connectivity index (χ4v) is 2.43. The maximum absolute atomic E-state index is 12.7. The van der Waals surface area contributed by atoms with Crippen LogP contribution in [0, 0.1) is 0 Å². The van der Waals surface area contributed by atoms with Gasteiger partial charge in [-0.25, -0.2) is 4.98 Å². The lowest BCUT2D eigenvalue weighted by molar-refractivity contribution is -0.132. The van der Waals surface area contributed by atoms with Crippen molar-refractivity contribution in [2.24, 2.45) is 0 Å². The summed E-state index contributed by atoms with van der Waals surface area (Å²) < 4.78 is 5.23. The highest BCUT2D eigenvalue weighted by atomic mass is 16.5. The third-order valence-electron chi connectivity index (χ3n) is 3.85. The molecule has 0 saturated carbocycles. The summed E-state index contributed by atoms with van der Waals surface area (Å²) in [6.07, 6.45) is 4.59. The molecule has 0 unspecified atom stereocenters. The summed E-state index contributed by atoms with van der Waals surface area (Å²) in [7, 11) is 5.67. The van der Waals surface area contributed by atoms with Gasteiger partial charge in [-0.05, 0) is 38.2 Å². The zero-order valence-electron chi connectivity index (χ0n) is 14.7. The molecule has 0 radical (unpaired) electrons. The van der Waals surface area contributed by atoms with Gasteiger partial charge in [0, 0.05) is 25.7 Å². The van der Waals surface area contributed by atoms with E-state index in [2.05, 4.69) is 14.9 Å². The van der Waals surface area contributed by atoms with Gasteiger partial charge in [0.1, 0.15) is 5.75 Å². The highest BCUT2D eigenvalue weighted by Gasteiger charge is 2.15. The SMILES string of the molecule is COc1cccc(CCC(=O)N(CCN(C)C)Cc2cnc[nH]2)c1. The molecule has 1 amide bonds. The van der Waals surface area contributed by atoms with Gasteiger partial charge in [0.05, 0.1) is 25.7 Å². The molecule has 0 bridgehead atoms. The molecule has 130 valence electrons. The second kappa shape index (κ2) is 9.08. The van der Waals surface area contributed by atoms with Crippen LogP contribution in [0.2, 0.25) is 0 Å². The molecule has 0 aliphatic rings. The second-order valence-corrected chi connectivity index (χ2v) is 6.05. The number of nitrogens with one attached hydrogen (secondary N) is 1. The molecule has 0 fully saturated rings. The van der Waals surface area contributed by atoms with Gasteiger partial charge in [0.2, 0.25) is 5.91 Å². The summed E-state index contributed by atoms with van der Waals surface area (Å²) in [6.45, 7) is 2.09. The Hall–Kier alpha value is -2.34. The van der Waals surface area contributed by atoms with Crippen LogP contribution < -0.4 is 4.74 Å². The van der Waals surface area contributed by atoms with Crippen LogP contribution in [0.25, 0.3) is 0 Å². The number of benzene rings is 1. The molecule has 1 N–H and O–H groups in total. The van der Waals surface area contributed by atoms with Crippen molar-refractivity contribution in [1.82, 2.24) is 19.8 Å². The van der Waals surface area contributed by atoms with Crippen molar-refractivity contribution < 1.29 is 9.53 Å². The van der Waals surface area contributed by atoms with Crippen LogP contribution in [-0.2, 0) is 17.8 Å². The number of aryl methyl sites for hydroxylation is 1. The van der Waals surface area contributed by atoms with E-state index in [4.69, 9.17) is 4.74 Å². The summed E-state index contributed by atoms with van der Waals surface area (Å²) >= 11 is 0. The van der Waals surface area contributed by atoms with Gasteiger partial charge in [-0.2, -0.15) is 0 Å². The quantitative estimate of drug-likeness (QED) is 0.763. The molecule has 0 aliphatic heterocycles. The van der Waals surface area contributed by atoms with E-state index in [1.165, 1.54) is 0 Å². The van der Waals surface area contributed by atoms with Gasteiger partial charge in [0.25, 0.3) is 0 Å². The minimum atomic E-state index is 0.147. The number of rotatable bonds is 9. The molecule has 1 aromatic heterocycles. The maximum Gasteiger partial charge on any atom is 0.223 e. The Balaban J connectivity index is 1.95. The molecule has 1 aromatic carbocycles. The van der Waals surface area contributed by atoms with Crippen LogP contribution >= 0.6 is 0 Å². The van der Waals surface area contributed by atoms with Gasteiger partial charge in [-0.1, -0.05) is 12.1 Å². The van der Waals surface area contributed by atoms with E-state index in [-0.39, 0.29) is 5.91 Å². The topological polar surface area (TPSA) is 61.5 Å². The smallest absolute Gasteiger partial charge is 0.223 e. The molecule has 0 atom stereocenters. The van der Waals surface area contributed by atoms with Crippen LogP contribution in [-0.4, -0.2) is 60.0 Å². The molecule has 0 aliphatic carbocycles. The highest BCUT2D eigenvalue weighted by Crippen LogP contribution is 2.14. The van der Waals surface area contributed by atoms with E-state index in [9.17, 15) is 4.79 Å². The monoisotopic (exact) mass is 330 g/mol. The van der Waals surface area contributed by atoms with Gasteiger partial charge in [0.15, 0.2) is 0 Å². The molecule has 2 rings (SSSR count). The third kappa shape index (κ3) is 5.70. The molecule has 6 heteroatoms. The Bertz CT molecular complexity index is 626. The summed E-state index contributed by atoms with van der Waals surface area (Å²) in [5, 5.41) is 0. The van der Waals surface area contributed by atoms with E-state index in [1.807, 2.05) is 43.3 Å². The number of H-pyrrole nitrogens is 1. The zero-order valence-corrected chi connectivity index (χ0v) is 14.7. The predicted molar refractivity (Wildman–Crippen MR) is 93.9 cm³/mol. The van der Waals surface area contributed by atoms with E-state index in [0.29, 0.717) is 25.9 Å². The van der Waals surface area contributed by atoms with Gasteiger partial charge < -0.3 is 19.5 Å². The third-order valence-corrected chi connectivity index (χ3v) is 3.85. The first kappa shape index (κ1) is 18.0. The number of imidazole rings is 1. The highest BCUT2D eigenvalue weighted by molar-refractivity contribution is 5.76. The summed E-state index contributed by atoms with van der Waals surface area (Å²) in [5.74, 6) is 0.969. The lowest BCUT2D eigenvalue weighted by Crippen LogP contribution is -2.36. The molecule has 1 heterocycles. The molecular weight excluding hydrogens is 304 g/mol. The van der Waals surface area contributed by atoms with E-state index >= 15 is 0 Å². The van der Waals surface area contributed by atoms with Crippen LogP contribution in [0.3, 0.4) is 0 Å². The second-order valence-electron chi connectivity index (χ2n) is 6.05. The number of aromatic amines is 1. The van der Waals surface area contributed by atoms with Crippen molar-refractivity contribution in [3.05, 3.63) is 48.0 Å². The Kier molecular flexibility index (Phi) is 6.81. The lowest BCUT2D eigenvalue weighted by Gasteiger charge is -2.24. The van der Waals surface area contributed by atoms with Crippen molar-refractivity contribution in [3.63, 3.8) is 0 Å². The molecule has 0 spiro atoms. The first-order chi connectivity index (χ1) is 11.6. The zero-order chi connectivity index (χ0) is 17.4. The largest absolute Gasteiger partial charge is 0.497 e. The fourth-order valence-electron chi connectivity index (χ4n) is 2.43. The summed E-state index contributed by atoms with van der Waals surface area (Å²) in [6, 6.07) is 7.86. The molecular formula is C18H26N4O2. The van der Waals surface area contributed by atoms with E-state index in [1.54, 1.807) is 19.6 Å². The number of likely N-dealkylation sites (N-methyl/N-ethyl adjacent to an activating group) is 1. The van der Waals surface area contributed by atoms with Crippen molar-refractivity contribution in [3.8, 4) is 5.75 Å². The average Bonchev–Trinajstić information content (AvgIpc) is 3.09. The fraction of sp³-hybridized carbons (Fsp3) is 0.444. The van der Waals surface area contributed by atoms with Crippen LogP contribution in [0.4, 0.5) is 0 Å². The summed E-state index contributed by atoms with van der Waals surface area (Å²) in [5.41, 5.74) is 2.06. The molecule has 24 heavy (non-hydrogen) atoms. The van der Waals surface area contributed by atoms with Crippen LogP contribution in [0.1, 0.15) is 17.7 Å². The number of hydrogen-bond acceptors (Lipinski definition) is 4. The van der Waals surface area contributed by atoms with Crippen molar-refractivity contribution >= 4 is 5.91 Å². The minimum Gasteiger partial charge on any atom is -0.497 e. The number of amides is 1. The average molecular weight is 330 g/mol. The number of methoxy groups -OCH3 is 1. The van der Waals surface area contributed by atoms with Gasteiger partial charge in [-0.15, -0.1) is 0 Å². The van der Waals surface area contributed by atoms with Crippen LogP contribution in [0.5, 0.6) is 5.75 Å². The van der Waals surface area contributed by atoms with Crippen LogP contribution in [0.15, 0.2) is 36.8 Å². The molecule has 2 aromatic rings. The number of aromatic nitrogens is 2. The first-order valence-corrected chi connectivity index (χ1v) is 8.11. The Morgan fingerprint density at radius 1 is 1.29 bits per heavy atom. The number of hydrogen-bond donors (Lipinski definition) is 1. The molecule has 0 saturated heterocycles. The molecule has 6 nitrogen and oxygen atoms in total. The predicted octanol–water partition coefficient (Wildman–Crippen LogP) is 1.94. The standard InChI is InChI=1S/C18H26N4O2/c1-21(2)9-10-22(13-16-12-19-14-20-16)18(23)8-7-15-5-4-6-17(11-15)24-3/h4-6,11-12,14H,7-10,13H2,1-3H3,(H,19,20). The van der Waals surface area contributed by atoms with Crippen molar-refractivity contribution in [1.29, 1.82) is 0 Å². The Morgan fingerprint density at radius 3 is 2.79 bits per heavy atom. The van der Waals surface area contributed by atoms with Gasteiger partial charge >= 0.3 is 0 Å². The first-order valence-electron chi connectivity index (χ1n) is 8.11. The minimum absolute atomic E-state index is 0.147. The lowest BCUT2D eigenvalue weighted by atomic mass is 10.1. The summed E-state index contributed by atoms with van der Waals surface area (Å²) in [4.78, 5) is 23.7. The van der Waals surface area contributed by atoms with Gasteiger partial charge in [-0.3, -0.25) is 4.79 Å².